The number of nitrogens with zero attached hydrogens (tertiary/aromatic N) is 1. The summed E-state index contributed by atoms with van der Waals surface area (Å²) in [5.41, 5.74) is 0.212. The largest absolute Gasteiger partial charge is 0.354 e. The van der Waals surface area contributed by atoms with Gasteiger partial charge in [0.15, 0.2) is 0 Å². The molecule has 4 bridgehead atoms. The number of hydrogen-bond donors (Lipinski definition) is 3. The zero-order valence-electron chi connectivity index (χ0n) is 16.1. The summed E-state index contributed by atoms with van der Waals surface area (Å²) in [5.74, 6) is 2.41. The maximum atomic E-state index is 12.4. The Morgan fingerprint density at radius 2 is 1.70 bits per heavy atom. The smallest absolute Gasteiger partial charge is 0.239 e. The maximum Gasteiger partial charge on any atom is 0.239 e. The van der Waals surface area contributed by atoms with Gasteiger partial charge in [-0.3, -0.25) is 19.3 Å². The molecule has 7 nitrogen and oxygen atoms in total. The van der Waals surface area contributed by atoms with Crippen LogP contribution >= 0.6 is 0 Å². The van der Waals surface area contributed by atoms with Crippen molar-refractivity contribution in [3.8, 4) is 0 Å². The third-order valence-electron chi connectivity index (χ3n) is 7.01. The van der Waals surface area contributed by atoms with Crippen LogP contribution in [0, 0.1) is 23.2 Å². The van der Waals surface area contributed by atoms with Crippen LogP contribution in [-0.2, 0) is 14.4 Å². The van der Waals surface area contributed by atoms with Crippen molar-refractivity contribution in [3.63, 3.8) is 0 Å². The van der Waals surface area contributed by atoms with Gasteiger partial charge in [0.25, 0.3) is 0 Å². The fraction of sp³-hybridized carbons (Fsp3) is 0.850. The Morgan fingerprint density at radius 1 is 1.04 bits per heavy atom. The van der Waals surface area contributed by atoms with E-state index in [0.717, 1.165) is 24.3 Å². The van der Waals surface area contributed by atoms with E-state index in [9.17, 15) is 14.4 Å². The van der Waals surface area contributed by atoms with E-state index >= 15 is 0 Å². The summed E-state index contributed by atoms with van der Waals surface area (Å²) in [7, 11) is 0. The number of carbonyl (C=O) groups is 3. The van der Waals surface area contributed by atoms with Crippen molar-refractivity contribution in [2.24, 2.45) is 23.2 Å². The van der Waals surface area contributed by atoms with Gasteiger partial charge in [0.1, 0.15) is 0 Å². The first kappa shape index (κ1) is 18.7. The number of nitrogens with one attached hydrogen (secondary N) is 3. The highest BCUT2D eigenvalue weighted by Crippen LogP contribution is 2.61. The monoisotopic (exact) mass is 376 g/mol. The van der Waals surface area contributed by atoms with Gasteiger partial charge in [0.05, 0.1) is 13.1 Å². The second-order valence-corrected chi connectivity index (χ2v) is 9.35. The number of amides is 3. The average Bonchev–Trinajstić information content (AvgIpc) is 2.58. The first-order chi connectivity index (χ1) is 13.0. The molecule has 5 fully saturated rings. The van der Waals surface area contributed by atoms with E-state index in [4.69, 9.17) is 0 Å². The van der Waals surface area contributed by atoms with Crippen LogP contribution in [0.1, 0.15) is 44.9 Å². The lowest BCUT2D eigenvalue weighted by Crippen LogP contribution is -2.50. The normalized spacial score (nSPS) is 35.0. The second kappa shape index (κ2) is 7.78. The highest BCUT2D eigenvalue weighted by Gasteiger charge is 2.51. The predicted molar refractivity (Wildman–Crippen MR) is 101 cm³/mol. The minimum Gasteiger partial charge on any atom is -0.354 e. The molecule has 7 heteroatoms. The van der Waals surface area contributed by atoms with Crippen molar-refractivity contribution in [2.75, 3.05) is 39.3 Å². The van der Waals surface area contributed by atoms with Gasteiger partial charge < -0.3 is 16.0 Å². The highest BCUT2D eigenvalue weighted by molar-refractivity contribution is 5.85. The topological polar surface area (TPSA) is 90.5 Å². The number of hydrogen-bond acceptors (Lipinski definition) is 4. The standard InChI is InChI=1S/C20H32N4O3/c25-17(11-20-8-14-5-15(9-20)7-16(6-14)10-20)23-12-18(26)21-1-3-24-4-2-22-19(27)13-24/h14-16H,1-13H2,(H,21,26)(H,22,27)(H,23,25). The molecule has 1 aliphatic heterocycles. The van der Waals surface area contributed by atoms with Gasteiger partial charge in [-0.1, -0.05) is 0 Å². The molecule has 0 spiro atoms. The molecule has 0 atom stereocenters. The van der Waals surface area contributed by atoms with Crippen molar-refractivity contribution in [2.45, 2.75) is 44.9 Å². The number of rotatable bonds is 7. The van der Waals surface area contributed by atoms with Gasteiger partial charge in [0, 0.05) is 32.6 Å². The predicted octanol–water partition coefficient (Wildman–Crippen LogP) is 0.257. The molecule has 1 heterocycles. The molecule has 0 aromatic carbocycles. The van der Waals surface area contributed by atoms with E-state index in [1.54, 1.807) is 0 Å². The highest BCUT2D eigenvalue weighted by atomic mass is 16.2. The summed E-state index contributed by atoms with van der Waals surface area (Å²) in [6.45, 7) is 3.05. The molecule has 27 heavy (non-hydrogen) atoms. The van der Waals surface area contributed by atoms with Crippen LogP contribution < -0.4 is 16.0 Å². The molecule has 5 aliphatic rings. The molecule has 4 saturated carbocycles. The van der Waals surface area contributed by atoms with Crippen molar-refractivity contribution in [1.29, 1.82) is 0 Å². The summed E-state index contributed by atoms with van der Waals surface area (Å²) >= 11 is 0. The van der Waals surface area contributed by atoms with Crippen molar-refractivity contribution < 1.29 is 14.4 Å². The molecule has 0 aromatic rings. The average molecular weight is 377 g/mol. The molecule has 5 rings (SSSR count). The molecular formula is C20H32N4O3. The number of carbonyl (C=O) groups excluding carboxylic acids is 3. The molecule has 1 saturated heterocycles. The van der Waals surface area contributed by atoms with Crippen LogP contribution in [0.4, 0.5) is 0 Å². The summed E-state index contributed by atoms with van der Waals surface area (Å²) in [5, 5.41) is 8.44. The number of piperazine rings is 1. The van der Waals surface area contributed by atoms with Gasteiger partial charge in [-0.25, -0.2) is 0 Å². The SMILES string of the molecule is O=C(CNC(=O)CC12CC3CC(CC(C3)C1)C2)NCCN1CCNC(=O)C1. The van der Waals surface area contributed by atoms with Crippen molar-refractivity contribution >= 4 is 17.7 Å². The summed E-state index contributed by atoms with van der Waals surface area (Å²) in [4.78, 5) is 37.8. The first-order valence-electron chi connectivity index (χ1n) is 10.5. The van der Waals surface area contributed by atoms with E-state index < -0.39 is 0 Å². The lowest BCUT2D eigenvalue weighted by Gasteiger charge is -2.56. The van der Waals surface area contributed by atoms with Gasteiger partial charge in [-0.2, -0.15) is 0 Å². The molecule has 4 aliphatic carbocycles. The minimum atomic E-state index is -0.157. The van der Waals surface area contributed by atoms with Gasteiger partial charge in [-0.15, -0.1) is 0 Å². The van der Waals surface area contributed by atoms with Crippen molar-refractivity contribution in [3.05, 3.63) is 0 Å². The van der Waals surface area contributed by atoms with Gasteiger partial charge in [-0.05, 0) is 61.7 Å². The van der Waals surface area contributed by atoms with E-state index in [0.29, 0.717) is 32.6 Å². The quantitative estimate of drug-likeness (QED) is 0.594. The lowest BCUT2D eigenvalue weighted by molar-refractivity contribution is -0.132. The maximum absolute atomic E-state index is 12.4. The van der Waals surface area contributed by atoms with Gasteiger partial charge >= 0.3 is 0 Å². The van der Waals surface area contributed by atoms with E-state index in [1.165, 1.54) is 38.5 Å². The third kappa shape index (κ3) is 4.62. The van der Waals surface area contributed by atoms with E-state index in [1.807, 2.05) is 4.90 Å². The molecule has 3 N–H and O–H groups in total. The van der Waals surface area contributed by atoms with Crippen LogP contribution in [-0.4, -0.2) is 61.9 Å². The Morgan fingerprint density at radius 3 is 2.33 bits per heavy atom. The summed E-state index contributed by atoms with van der Waals surface area (Å²) in [6.07, 6.45) is 8.35. The summed E-state index contributed by atoms with van der Waals surface area (Å²) in [6, 6.07) is 0. The first-order valence-corrected chi connectivity index (χ1v) is 10.5. The molecule has 0 unspecified atom stereocenters. The fourth-order valence-electron chi connectivity index (χ4n) is 6.39. The van der Waals surface area contributed by atoms with Crippen LogP contribution in [0.3, 0.4) is 0 Å². The molecule has 0 aromatic heterocycles. The Hall–Kier alpha value is -1.63. The third-order valence-corrected chi connectivity index (χ3v) is 7.01. The Kier molecular flexibility index (Phi) is 5.39. The molecule has 0 radical (unpaired) electrons. The summed E-state index contributed by atoms with van der Waals surface area (Å²) < 4.78 is 0. The zero-order chi connectivity index (χ0) is 18.9. The Labute approximate surface area is 161 Å². The zero-order valence-corrected chi connectivity index (χ0v) is 16.1. The molecule has 150 valence electrons. The van der Waals surface area contributed by atoms with E-state index in [-0.39, 0.29) is 29.7 Å². The molecule has 3 amide bonds. The van der Waals surface area contributed by atoms with Crippen LogP contribution in [0.15, 0.2) is 0 Å². The van der Waals surface area contributed by atoms with Gasteiger partial charge in [0.2, 0.25) is 17.7 Å². The lowest BCUT2D eigenvalue weighted by atomic mass is 9.49. The van der Waals surface area contributed by atoms with Crippen LogP contribution in [0.25, 0.3) is 0 Å². The van der Waals surface area contributed by atoms with E-state index in [2.05, 4.69) is 16.0 Å². The minimum absolute atomic E-state index is 0.0276. The van der Waals surface area contributed by atoms with Crippen molar-refractivity contribution in [1.82, 2.24) is 20.9 Å². The fourth-order valence-corrected chi connectivity index (χ4v) is 6.39. The van der Waals surface area contributed by atoms with Crippen LogP contribution in [0.2, 0.25) is 0 Å². The Bertz CT molecular complexity index is 571. The second-order valence-electron chi connectivity index (χ2n) is 9.35. The van der Waals surface area contributed by atoms with Crippen LogP contribution in [0.5, 0.6) is 0 Å². The Balaban J connectivity index is 1.14. The molecular weight excluding hydrogens is 344 g/mol.